The average molecular weight is 473 g/mol. The molecule has 0 bridgehead atoms. The molecule has 0 spiro atoms. The number of aromatic nitrogens is 3. The van der Waals surface area contributed by atoms with Gasteiger partial charge in [-0.05, 0) is 35.9 Å². The van der Waals surface area contributed by atoms with Crippen LogP contribution in [0.1, 0.15) is 11.1 Å². The number of para-hydroxylation sites is 2. The van der Waals surface area contributed by atoms with Crippen LogP contribution in [-0.2, 0) is 6.54 Å². The maximum Gasteiger partial charge on any atom is 0.282 e. The second kappa shape index (κ2) is 9.07. The normalized spacial score (nSPS) is 11.6. The van der Waals surface area contributed by atoms with Crippen LogP contribution in [-0.4, -0.2) is 20.4 Å². The maximum absolute atomic E-state index is 13.5. The molecule has 2 aromatic heterocycles. The summed E-state index contributed by atoms with van der Waals surface area (Å²) in [6, 6.07) is 31.4. The molecule has 0 fully saturated rings. The molecule has 4 aromatic carbocycles. The topological polar surface area (TPSA) is 52.2 Å². The van der Waals surface area contributed by atoms with Gasteiger partial charge in [0.2, 0.25) is 0 Å². The largest absolute Gasteiger partial charge is 0.342 e. The first-order chi connectivity index (χ1) is 17.7. The van der Waals surface area contributed by atoms with Crippen molar-refractivity contribution in [2.24, 2.45) is 5.10 Å². The molecule has 0 aliphatic heterocycles. The zero-order valence-corrected chi connectivity index (χ0v) is 19.3. The van der Waals surface area contributed by atoms with Crippen molar-refractivity contribution in [2.75, 3.05) is 0 Å². The lowest BCUT2D eigenvalue weighted by Gasteiger charge is -2.09. The van der Waals surface area contributed by atoms with Crippen LogP contribution >= 0.6 is 0 Å². The van der Waals surface area contributed by atoms with Crippen LogP contribution in [0.3, 0.4) is 0 Å². The highest BCUT2D eigenvalue weighted by molar-refractivity contribution is 5.99. The Morgan fingerprint density at radius 3 is 2.31 bits per heavy atom. The highest BCUT2D eigenvalue weighted by Crippen LogP contribution is 2.23. The van der Waals surface area contributed by atoms with Gasteiger partial charge in [-0.2, -0.15) is 9.78 Å². The molecule has 0 N–H and O–H groups in total. The van der Waals surface area contributed by atoms with Gasteiger partial charge in [-0.25, -0.2) is 9.37 Å². The minimum Gasteiger partial charge on any atom is -0.342 e. The van der Waals surface area contributed by atoms with E-state index in [2.05, 4.69) is 9.67 Å². The number of hydrogen-bond donors (Lipinski definition) is 0. The molecule has 6 heteroatoms. The number of halogens is 1. The first kappa shape index (κ1) is 21.7. The van der Waals surface area contributed by atoms with Crippen LogP contribution in [0.2, 0.25) is 0 Å². The Bertz CT molecular complexity index is 1780. The summed E-state index contributed by atoms with van der Waals surface area (Å²) < 4.78 is 16.8. The molecule has 174 valence electrons. The number of nitrogens with zero attached hydrogens (tertiary/aromatic N) is 4. The summed E-state index contributed by atoms with van der Waals surface area (Å²) in [5.74, 6) is 0.221. The molecular weight excluding hydrogens is 451 g/mol. The van der Waals surface area contributed by atoms with Crippen molar-refractivity contribution >= 4 is 28.0 Å². The van der Waals surface area contributed by atoms with E-state index in [1.807, 2.05) is 79.0 Å². The van der Waals surface area contributed by atoms with Crippen molar-refractivity contribution in [3.05, 3.63) is 137 Å². The van der Waals surface area contributed by atoms with E-state index < -0.39 is 0 Å². The third kappa shape index (κ3) is 3.99. The van der Waals surface area contributed by atoms with E-state index in [9.17, 15) is 9.18 Å². The van der Waals surface area contributed by atoms with Crippen molar-refractivity contribution in [3.63, 3.8) is 0 Å². The van der Waals surface area contributed by atoms with E-state index in [-0.39, 0.29) is 11.4 Å². The summed E-state index contributed by atoms with van der Waals surface area (Å²) in [6.07, 6.45) is 3.70. The summed E-state index contributed by atoms with van der Waals surface area (Å²) in [6.45, 7) is 0.585. The summed E-state index contributed by atoms with van der Waals surface area (Å²) in [4.78, 5) is 18.2. The third-order valence-electron chi connectivity index (χ3n) is 6.18. The standard InChI is InChI=1S/C30H21FN4O/c31-24-16-14-21(15-17-24)19-34-20-23(25-10-5-7-13-28(25)34)18-32-35-29(22-8-2-1-3-9-22)33-27-12-6-4-11-26(27)30(35)36/h1-18,20H,19H2. The highest BCUT2D eigenvalue weighted by atomic mass is 19.1. The molecule has 2 heterocycles. The van der Waals surface area contributed by atoms with Gasteiger partial charge in [0.1, 0.15) is 5.82 Å². The first-order valence-corrected chi connectivity index (χ1v) is 11.6. The van der Waals surface area contributed by atoms with Gasteiger partial charge in [0.25, 0.3) is 5.56 Å². The molecular formula is C30H21FN4O. The van der Waals surface area contributed by atoms with Crippen molar-refractivity contribution in [1.29, 1.82) is 0 Å². The second-order valence-electron chi connectivity index (χ2n) is 8.54. The highest BCUT2D eigenvalue weighted by Gasteiger charge is 2.13. The lowest BCUT2D eigenvalue weighted by Crippen LogP contribution is -2.20. The van der Waals surface area contributed by atoms with Gasteiger partial charge in [0.05, 0.1) is 17.1 Å². The van der Waals surface area contributed by atoms with Crippen LogP contribution in [0.15, 0.2) is 119 Å². The number of fused-ring (bicyclic) bond motifs is 2. The number of benzene rings is 4. The molecule has 0 saturated heterocycles. The average Bonchev–Trinajstić information content (AvgIpc) is 3.27. The van der Waals surface area contributed by atoms with Gasteiger partial charge >= 0.3 is 0 Å². The van der Waals surface area contributed by atoms with Crippen LogP contribution in [0.4, 0.5) is 4.39 Å². The Morgan fingerprint density at radius 2 is 1.50 bits per heavy atom. The summed E-state index contributed by atoms with van der Waals surface area (Å²) >= 11 is 0. The second-order valence-corrected chi connectivity index (χ2v) is 8.54. The fourth-order valence-corrected chi connectivity index (χ4v) is 4.42. The minimum atomic E-state index is -0.257. The van der Waals surface area contributed by atoms with Crippen LogP contribution < -0.4 is 5.56 Å². The van der Waals surface area contributed by atoms with Gasteiger partial charge in [-0.3, -0.25) is 4.79 Å². The molecule has 0 aliphatic rings. The molecule has 0 aliphatic carbocycles. The van der Waals surface area contributed by atoms with Crippen LogP contribution in [0, 0.1) is 5.82 Å². The molecule has 6 aromatic rings. The molecule has 0 saturated carbocycles. The third-order valence-corrected chi connectivity index (χ3v) is 6.18. The Hall–Kier alpha value is -4.84. The van der Waals surface area contributed by atoms with Gasteiger partial charge in [-0.1, -0.05) is 72.8 Å². The quantitative estimate of drug-likeness (QED) is 0.285. The maximum atomic E-state index is 13.5. The van der Waals surface area contributed by atoms with Gasteiger partial charge < -0.3 is 4.57 Å². The van der Waals surface area contributed by atoms with Crippen molar-refractivity contribution in [3.8, 4) is 11.4 Å². The van der Waals surface area contributed by atoms with E-state index in [1.54, 1.807) is 24.4 Å². The lowest BCUT2D eigenvalue weighted by atomic mass is 10.2. The predicted molar refractivity (Wildman–Crippen MR) is 142 cm³/mol. The molecule has 0 radical (unpaired) electrons. The lowest BCUT2D eigenvalue weighted by molar-refractivity contribution is 0.626. The Labute approximate surface area is 206 Å². The van der Waals surface area contributed by atoms with E-state index >= 15 is 0 Å². The Balaban J connectivity index is 1.48. The zero-order valence-electron chi connectivity index (χ0n) is 19.3. The molecule has 36 heavy (non-hydrogen) atoms. The molecule has 0 atom stereocenters. The Morgan fingerprint density at radius 1 is 0.806 bits per heavy atom. The summed E-state index contributed by atoms with van der Waals surface area (Å²) in [5.41, 5.74) is 4.08. The van der Waals surface area contributed by atoms with Crippen LogP contribution in [0.5, 0.6) is 0 Å². The Kier molecular flexibility index (Phi) is 5.46. The van der Waals surface area contributed by atoms with E-state index in [0.29, 0.717) is 23.3 Å². The SMILES string of the molecule is O=c1c2ccccc2nc(-c2ccccc2)n1N=Cc1cn(Cc2ccc(F)cc2)c2ccccc12. The fraction of sp³-hybridized carbons (Fsp3) is 0.0333. The van der Waals surface area contributed by atoms with E-state index in [4.69, 9.17) is 4.98 Å². The summed E-state index contributed by atoms with van der Waals surface area (Å²) in [7, 11) is 0. The first-order valence-electron chi connectivity index (χ1n) is 11.6. The number of rotatable bonds is 5. The monoisotopic (exact) mass is 472 g/mol. The van der Waals surface area contributed by atoms with E-state index in [0.717, 1.165) is 27.6 Å². The predicted octanol–water partition coefficient (Wildman–Crippen LogP) is 6.09. The van der Waals surface area contributed by atoms with Gasteiger partial charge in [0.15, 0.2) is 5.82 Å². The van der Waals surface area contributed by atoms with Gasteiger partial charge in [0, 0.05) is 34.8 Å². The fourth-order valence-electron chi connectivity index (χ4n) is 4.42. The smallest absolute Gasteiger partial charge is 0.282 e. The van der Waals surface area contributed by atoms with Crippen molar-refractivity contribution < 1.29 is 4.39 Å². The molecule has 0 amide bonds. The molecule has 0 unspecified atom stereocenters. The number of hydrogen-bond acceptors (Lipinski definition) is 3. The zero-order chi connectivity index (χ0) is 24.5. The molecule has 5 nitrogen and oxygen atoms in total. The molecule has 6 rings (SSSR count). The summed E-state index contributed by atoms with van der Waals surface area (Å²) in [5, 5.41) is 6.15. The minimum absolute atomic E-state index is 0.231. The van der Waals surface area contributed by atoms with Crippen molar-refractivity contribution in [2.45, 2.75) is 6.54 Å². The van der Waals surface area contributed by atoms with Crippen molar-refractivity contribution in [1.82, 2.24) is 14.2 Å². The van der Waals surface area contributed by atoms with E-state index in [1.165, 1.54) is 16.8 Å². The van der Waals surface area contributed by atoms with Crippen LogP contribution in [0.25, 0.3) is 33.2 Å². The van der Waals surface area contributed by atoms with Gasteiger partial charge in [-0.15, -0.1) is 0 Å².